The first-order valence-corrected chi connectivity index (χ1v) is 9.17. The molecule has 0 radical (unpaired) electrons. The molecule has 2 aliphatic rings. The van der Waals surface area contributed by atoms with Gasteiger partial charge in [-0.05, 0) is 37.3 Å². The third-order valence-electron chi connectivity index (χ3n) is 4.82. The summed E-state index contributed by atoms with van der Waals surface area (Å²) in [6.45, 7) is 6.02. The Morgan fingerprint density at radius 3 is 3.04 bits per heavy atom. The average molecular weight is 344 g/mol. The van der Waals surface area contributed by atoms with E-state index in [-0.39, 0.29) is 12.5 Å². The summed E-state index contributed by atoms with van der Waals surface area (Å²) in [5.41, 5.74) is 0.869. The van der Waals surface area contributed by atoms with Gasteiger partial charge < -0.3 is 19.9 Å². The molecule has 1 saturated heterocycles. The topological polar surface area (TPSA) is 57.2 Å². The van der Waals surface area contributed by atoms with Crippen LogP contribution in [0.5, 0.6) is 5.75 Å². The zero-order chi connectivity index (χ0) is 17.6. The number of nitrogens with zero attached hydrogens (tertiary/aromatic N) is 3. The summed E-state index contributed by atoms with van der Waals surface area (Å²) < 4.78 is 5.48. The number of carbonyl (C=O) groups excluding carboxylic acids is 1. The standard InChI is InChI=1S/C19H28N4O2/c1-15-7-5-11-22(13-15)19(20-2)21-10-6-12-23-16-8-3-4-9-17(16)25-14-18(23)24/h3-4,8-9,15H,5-7,10-14H2,1-2H3,(H,20,21). The van der Waals surface area contributed by atoms with Gasteiger partial charge in [0, 0.05) is 33.2 Å². The van der Waals surface area contributed by atoms with Gasteiger partial charge in [0.25, 0.3) is 5.91 Å². The molecule has 25 heavy (non-hydrogen) atoms. The van der Waals surface area contributed by atoms with Crippen LogP contribution in [-0.4, -0.2) is 56.6 Å². The Morgan fingerprint density at radius 2 is 2.24 bits per heavy atom. The highest BCUT2D eigenvalue weighted by molar-refractivity contribution is 5.97. The number of likely N-dealkylation sites (tertiary alicyclic amines) is 1. The second kappa shape index (κ2) is 8.23. The van der Waals surface area contributed by atoms with Crippen molar-refractivity contribution < 1.29 is 9.53 Å². The number of para-hydroxylation sites is 2. The summed E-state index contributed by atoms with van der Waals surface area (Å²) in [6, 6.07) is 7.71. The van der Waals surface area contributed by atoms with Crippen molar-refractivity contribution in [3.05, 3.63) is 24.3 Å². The van der Waals surface area contributed by atoms with Crippen LogP contribution in [0.15, 0.2) is 29.3 Å². The van der Waals surface area contributed by atoms with Crippen LogP contribution in [0.25, 0.3) is 0 Å². The molecule has 1 aromatic rings. The SMILES string of the molecule is CN=C(NCCCN1C(=O)COc2ccccc21)N1CCCC(C)C1. The van der Waals surface area contributed by atoms with Crippen LogP contribution in [0.1, 0.15) is 26.2 Å². The third-order valence-corrected chi connectivity index (χ3v) is 4.82. The van der Waals surface area contributed by atoms with Crippen molar-refractivity contribution >= 4 is 17.6 Å². The molecule has 0 bridgehead atoms. The fourth-order valence-electron chi connectivity index (χ4n) is 3.55. The Hall–Kier alpha value is -2.24. The lowest BCUT2D eigenvalue weighted by Gasteiger charge is -2.33. The first-order chi connectivity index (χ1) is 12.2. The van der Waals surface area contributed by atoms with Crippen LogP contribution < -0.4 is 15.0 Å². The van der Waals surface area contributed by atoms with Crippen molar-refractivity contribution in [1.29, 1.82) is 0 Å². The molecule has 136 valence electrons. The van der Waals surface area contributed by atoms with Gasteiger partial charge in [-0.2, -0.15) is 0 Å². The first kappa shape index (κ1) is 17.6. The maximum absolute atomic E-state index is 12.2. The summed E-state index contributed by atoms with van der Waals surface area (Å²) in [7, 11) is 1.84. The molecule has 1 N–H and O–H groups in total. The van der Waals surface area contributed by atoms with Gasteiger partial charge in [-0.1, -0.05) is 19.1 Å². The van der Waals surface area contributed by atoms with Gasteiger partial charge in [-0.25, -0.2) is 0 Å². The molecule has 0 spiro atoms. The molecule has 2 heterocycles. The van der Waals surface area contributed by atoms with E-state index in [1.165, 1.54) is 12.8 Å². The normalized spacial score (nSPS) is 21.0. The number of benzene rings is 1. The highest BCUT2D eigenvalue weighted by Gasteiger charge is 2.24. The molecular formula is C19H28N4O2. The number of hydrogen-bond donors (Lipinski definition) is 1. The quantitative estimate of drug-likeness (QED) is 0.516. The fraction of sp³-hybridized carbons (Fsp3) is 0.579. The largest absolute Gasteiger partial charge is 0.482 e. The van der Waals surface area contributed by atoms with E-state index < -0.39 is 0 Å². The summed E-state index contributed by atoms with van der Waals surface area (Å²) in [5.74, 6) is 2.50. The Kier molecular flexibility index (Phi) is 5.79. The number of piperidine rings is 1. The molecule has 0 aromatic heterocycles. The molecule has 2 aliphatic heterocycles. The van der Waals surface area contributed by atoms with E-state index in [1.54, 1.807) is 0 Å². The number of hydrogen-bond acceptors (Lipinski definition) is 3. The molecular weight excluding hydrogens is 316 g/mol. The van der Waals surface area contributed by atoms with Crippen LogP contribution >= 0.6 is 0 Å². The Labute approximate surface area is 149 Å². The molecule has 1 amide bonds. The zero-order valence-electron chi connectivity index (χ0n) is 15.2. The van der Waals surface area contributed by atoms with Crippen LogP contribution in [-0.2, 0) is 4.79 Å². The van der Waals surface area contributed by atoms with E-state index >= 15 is 0 Å². The molecule has 1 unspecified atom stereocenters. The van der Waals surface area contributed by atoms with Crippen molar-refractivity contribution in [2.24, 2.45) is 10.9 Å². The van der Waals surface area contributed by atoms with Gasteiger partial charge >= 0.3 is 0 Å². The maximum Gasteiger partial charge on any atom is 0.265 e. The van der Waals surface area contributed by atoms with Crippen LogP contribution in [0.4, 0.5) is 5.69 Å². The number of guanidine groups is 1. The van der Waals surface area contributed by atoms with Crippen molar-refractivity contribution in [2.75, 3.05) is 44.7 Å². The summed E-state index contributed by atoms with van der Waals surface area (Å²) in [5, 5.41) is 3.44. The molecule has 0 aliphatic carbocycles. The van der Waals surface area contributed by atoms with Crippen molar-refractivity contribution in [1.82, 2.24) is 10.2 Å². The minimum atomic E-state index is 0.0212. The van der Waals surface area contributed by atoms with Crippen molar-refractivity contribution in [3.8, 4) is 5.75 Å². The van der Waals surface area contributed by atoms with E-state index in [2.05, 4.69) is 22.1 Å². The fourth-order valence-corrected chi connectivity index (χ4v) is 3.55. The second-order valence-corrected chi connectivity index (χ2v) is 6.82. The predicted molar refractivity (Wildman–Crippen MR) is 100 cm³/mol. The zero-order valence-corrected chi connectivity index (χ0v) is 15.2. The van der Waals surface area contributed by atoms with Crippen molar-refractivity contribution in [2.45, 2.75) is 26.2 Å². The number of nitrogens with one attached hydrogen (secondary N) is 1. The van der Waals surface area contributed by atoms with E-state index in [4.69, 9.17) is 4.74 Å². The minimum absolute atomic E-state index is 0.0212. The van der Waals surface area contributed by atoms with Gasteiger partial charge in [0.1, 0.15) is 5.75 Å². The lowest BCUT2D eigenvalue weighted by atomic mass is 10.0. The van der Waals surface area contributed by atoms with Gasteiger partial charge in [0.2, 0.25) is 0 Å². The maximum atomic E-state index is 12.2. The number of fused-ring (bicyclic) bond motifs is 1. The molecule has 1 atom stereocenters. The number of carbonyl (C=O) groups is 1. The summed E-state index contributed by atoms with van der Waals surface area (Å²) in [4.78, 5) is 20.7. The summed E-state index contributed by atoms with van der Waals surface area (Å²) in [6.07, 6.45) is 3.38. The van der Waals surface area contributed by atoms with Crippen molar-refractivity contribution in [3.63, 3.8) is 0 Å². The third kappa shape index (κ3) is 4.24. The summed E-state index contributed by atoms with van der Waals surface area (Å²) >= 11 is 0. The molecule has 1 fully saturated rings. The molecule has 3 rings (SSSR count). The lowest BCUT2D eigenvalue weighted by molar-refractivity contribution is -0.121. The van der Waals surface area contributed by atoms with Crippen LogP contribution in [0.3, 0.4) is 0 Å². The van der Waals surface area contributed by atoms with E-state index in [1.807, 2.05) is 36.2 Å². The van der Waals surface area contributed by atoms with Crippen LogP contribution in [0.2, 0.25) is 0 Å². The molecule has 0 saturated carbocycles. The Bertz CT molecular complexity index is 632. The van der Waals surface area contributed by atoms with E-state index in [0.29, 0.717) is 6.54 Å². The van der Waals surface area contributed by atoms with Gasteiger partial charge in [-0.15, -0.1) is 0 Å². The lowest BCUT2D eigenvalue weighted by Crippen LogP contribution is -2.47. The smallest absolute Gasteiger partial charge is 0.265 e. The number of rotatable bonds is 4. The number of anilines is 1. The minimum Gasteiger partial charge on any atom is -0.482 e. The average Bonchev–Trinajstić information content (AvgIpc) is 2.63. The number of ether oxygens (including phenoxy) is 1. The predicted octanol–water partition coefficient (Wildman–Crippen LogP) is 2.11. The number of amides is 1. The van der Waals surface area contributed by atoms with Gasteiger partial charge in [-0.3, -0.25) is 9.79 Å². The first-order valence-electron chi connectivity index (χ1n) is 9.17. The Balaban J connectivity index is 1.50. The number of aliphatic imine (C=N–C) groups is 1. The second-order valence-electron chi connectivity index (χ2n) is 6.82. The van der Waals surface area contributed by atoms with E-state index in [0.717, 1.165) is 49.4 Å². The van der Waals surface area contributed by atoms with Gasteiger partial charge in [0.15, 0.2) is 12.6 Å². The highest BCUT2D eigenvalue weighted by Crippen LogP contribution is 2.31. The monoisotopic (exact) mass is 344 g/mol. The van der Waals surface area contributed by atoms with Crippen LogP contribution in [0, 0.1) is 5.92 Å². The molecule has 6 heteroatoms. The Morgan fingerprint density at radius 1 is 1.40 bits per heavy atom. The van der Waals surface area contributed by atoms with Gasteiger partial charge in [0.05, 0.1) is 5.69 Å². The van der Waals surface area contributed by atoms with E-state index in [9.17, 15) is 4.79 Å². The molecule has 1 aromatic carbocycles. The molecule has 6 nitrogen and oxygen atoms in total. The highest BCUT2D eigenvalue weighted by atomic mass is 16.5.